The van der Waals surface area contributed by atoms with Crippen molar-refractivity contribution < 1.29 is 4.39 Å². The highest BCUT2D eigenvalue weighted by atomic mass is 35.5. The molecule has 1 aromatic rings. The summed E-state index contributed by atoms with van der Waals surface area (Å²) in [4.78, 5) is 0. The standard InChI is InChI=1S/C14H21ClFN/c1-4-11(9-17-10(2)3)7-12-5-6-14(16)13(15)8-12/h5-6,8,10-11,17H,4,7,9H2,1-3H3. The molecule has 0 bridgehead atoms. The molecular weight excluding hydrogens is 237 g/mol. The third-order valence-corrected chi connectivity index (χ3v) is 3.19. The van der Waals surface area contributed by atoms with Gasteiger partial charge in [-0.25, -0.2) is 4.39 Å². The molecule has 96 valence electrons. The Labute approximate surface area is 108 Å². The summed E-state index contributed by atoms with van der Waals surface area (Å²) in [5.74, 6) is 0.225. The van der Waals surface area contributed by atoms with Crippen molar-refractivity contribution in [2.75, 3.05) is 6.54 Å². The molecule has 0 aliphatic carbocycles. The normalized spacial score (nSPS) is 13.1. The van der Waals surface area contributed by atoms with E-state index in [1.54, 1.807) is 6.07 Å². The lowest BCUT2D eigenvalue weighted by atomic mass is 9.96. The van der Waals surface area contributed by atoms with Gasteiger partial charge in [0.05, 0.1) is 5.02 Å². The first-order valence-electron chi connectivity index (χ1n) is 6.20. The molecule has 0 aromatic heterocycles. The van der Waals surface area contributed by atoms with Crippen molar-refractivity contribution in [1.29, 1.82) is 0 Å². The van der Waals surface area contributed by atoms with Gasteiger partial charge in [0, 0.05) is 6.04 Å². The maximum Gasteiger partial charge on any atom is 0.141 e. The van der Waals surface area contributed by atoms with E-state index in [0.29, 0.717) is 12.0 Å². The summed E-state index contributed by atoms with van der Waals surface area (Å²) in [6, 6.07) is 5.50. The maximum absolute atomic E-state index is 13.0. The molecule has 1 rings (SSSR count). The van der Waals surface area contributed by atoms with Gasteiger partial charge in [-0.2, -0.15) is 0 Å². The summed E-state index contributed by atoms with van der Waals surface area (Å²) in [6.07, 6.45) is 2.05. The summed E-state index contributed by atoms with van der Waals surface area (Å²) in [6.45, 7) is 7.45. The Morgan fingerprint density at radius 1 is 1.35 bits per heavy atom. The van der Waals surface area contributed by atoms with Crippen LogP contribution in [0.4, 0.5) is 4.39 Å². The van der Waals surface area contributed by atoms with Crippen LogP contribution < -0.4 is 5.32 Å². The van der Waals surface area contributed by atoms with Crippen LogP contribution in [0.15, 0.2) is 18.2 Å². The molecule has 1 atom stereocenters. The van der Waals surface area contributed by atoms with Crippen molar-refractivity contribution in [1.82, 2.24) is 5.32 Å². The van der Waals surface area contributed by atoms with Crippen molar-refractivity contribution in [2.24, 2.45) is 5.92 Å². The van der Waals surface area contributed by atoms with E-state index in [-0.39, 0.29) is 10.8 Å². The number of hydrogen-bond donors (Lipinski definition) is 1. The first-order valence-corrected chi connectivity index (χ1v) is 6.58. The van der Waals surface area contributed by atoms with Crippen molar-refractivity contribution >= 4 is 11.6 Å². The molecule has 0 fully saturated rings. The van der Waals surface area contributed by atoms with Crippen LogP contribution in [-0.4, -0.2) is 12.6 Å². The molecule has 0 aliphatic heterocycles. The third kappa shape index (κ3) is 5.05. The van der Waals surface area contributed by atoms with Gasteiger partial charge in [-0.15, -0.1) is 0 Å². The van der Waals surface area contributed by atoms with Crippen LogP contribution in [0.3, 0.4) is 0 Å². The molecule has 0 saturated carbocycles. The highest BCUT2D eigenvalue weighted by molar-refractivity contribution is 6.30. The van der Waals surface area contributed by atoms with E-state index in [2.05, 4.69) is 26.1 Å². The minimum absolute atomic E-state index is 0.217. The predicted molar refractivity (Wildman–Crippen MR) is 72.0 cm³/mol. The molecule has 1 aromatic carbocycles. The number of hydrogen-bond acceptors (Lipinski definition) is 1. The Morgan fingerprint density at radius 3 is 2.59 bits per heavy atom. The van der Waals surface area contributed by atoms with Gasteiger partial charge >= 0.3 is 0 Å². The molecule has 1 N–H and O–H groups in total. The fraction of sp³-hybridized carbons (Fsp3) is 0.571. The zero-order chi connectivity index (χ0) is 12.8. The molecule has 0 aliphatic rings. The quantitative estimate of drug-likeness (QED) is 0.811. The topological polar surface area (TPSA) is 12.0 Å². The zero-order valence-electron chi connectivity index (χ0n) is 10.8. The Hall–Kier alpha value is -0.600. The summed E-state index contributed by atoms with van der Waals surface area (Å²) >= 11 is 5.78. The van der Waals surface area contributed by atoms with Crippen LogP contribution in [-0.2, 0) is 6.42 Å². The highest BCUT2D eigenvalue weighted by Gasteiger charge is 2.09. The monoisotopic (exact) mass is 257 g/mol. The summed E-state index contributed by atoms with van der Waals surface area (Å²) in [5, 5.41) is 3.65. The Kier molecular flexibility index (Phi) is 5.93. The van der Waals surface area contributed by atoms with E-state index in [1.165, 1.54) is 6.07 Å². The van der Waals surface area contributed by atoms with E-state index in [1.807, 2.05) is 6.07 Å². The van der Waals surface area contributed by atoms with Crippen LogP contribution in [0.2, 0.25) is 5.02 Å². The van der Waals surface area contributed by atoms with Gasteiger partial charge in [0.25, 0.3) is 0 Å². The largest absolute Gasteiger partial charge is 0.314 e. The van der Waals surface area contributed by atoms with Gasteiger partial charge in [-0.05, 0) is 36.6 Å². The molecule has 0 heterocycles. The fourth-order valence-corrected chi connectivity index (χ4v) is 1.97. The van der Waals surface area contributed by atoms with Crippen molar-refractivity contribution in [3.8, 4) is 0 Å². The number of benzene rings is 1. The van der Waals surface area contributed by atoms with Gasteiger partial charge in [-0.1, -0.05) is 44.9 Å². The van der Waals surface area contributed by atoms with Crippen molar-refractivity contribution in [2.45, 2.75) is 39.7 Å². The lowest BCUT2D eigenvalue weighted by Gasteiger charge is -2.17. The molecule has 0 amide bonds. The predicted octanol–water partition coefficient (Wildman–Crippen LogP) is 4.05. The van der Waals surface area contributed by atoms with E-state index >= 15 is 0 Å². The molecule has 0 saturated heterocycles. The molecule has 0 spiro atoms. The number of rotatable bonds is 6. The Morgan fingerprint density at radius 2 is 2.06 bits per heavy atom. The van der Waals surface area contributed by atoms with Crippen LogP contribution in [0.25, 0.3) is 0 Å². The molecule has 3 heteroatoms. The van der Waals surface area contributed by atoms with E-state index in [0.717, 1.165) is 24.9 Å². The minimum atomic E-state index is -0.344. The van der Waals surface area contributed by atoms with Crippen LogP contribution in [0.5, 0.6) is 0 Å². The molecule has 1 nitrogen and oxygen atoms in total. The minimum Gasteiger partial charge on any atom is -0.314 e. The molecule has 17 heavy (non-hydrogen) atoms. The van der Waals surface area contributed by atoms with E-state index in [4.69, 9.17) is 11.6 Å². The number of halogens is 2. The Bertz CT molecular complexity index is 352. The van der Waals surface area contributed by atoms with Gasteiger partial charge < -0.3 is 5.32 Å². The lowest BCUT2D eigenvalue weighted by Crippen LogP contribution is -2.29. The third-order valence-electron chi connectivity index (χ3n) is 2.90. The fourth-order valence-electron chi connectivity index (χ4n) is 1.76. The molecule has 1 unspecified atom stereocenters. The summed E-state index contributed by atoms with van der Waals surface area (Å²) in [5.41, 5.74) is 1.11. The van der Waals surface area contributed by atoms with E-state index < -0.39 is 0 Å². The smallest absolute Gasteiger partial charge is 0.141 e. The first-order chi connectivity index (χ1) is 8.02. The average Bonchev–Trinajstić information content (AvgIpc) is 2.28. The average molecular weight is 258 g/mol. The van der Waals surface area contributed by atoms with Crippen LogP contribution in [0, 0.1) is 11.7 Å². The van der Waals surface area contributed by atoms with Crippen molar-refractivity contribution in [3.05, 3.63) is 34.6 Å². The lowest BCUT2D eigenvalue weighted by molar-refractivity contribution is 0.435. The van der Waals surface area contributed by atoms with E-state index in [9.17, 15) is 4.39 Å². The SMILES string of the molecule is CCC(CNC(C)C)Cc1ccc(F)c(Cl)c1. The second-order valence-electron chi connectivity index (χ2n) is 4.79. The summed E-state index contributed by atoms with van der Waals surface area (Å²) in [7, 11) is 0. The first kappa shape index (κ1) is 14.5. The van der Waals surface area contributed by atoms with Crippen molar-refractivity contribution in [3.63, 3.8) is 0 Å². The number of nitrogens with one attached hydrogen (secondary N) is 1. The maximum atomic E-state index is 13.0. The van der Waals surface area contributed by atoms with Crippen LogP contribution >= 0.6 is 11.6 Å². The zero-order valence-corrected chi connectivity index (χ0v) is 11.5. The van der Waals surface area contributed by atoms with Crippen LogP contribution in [0.1, 0.15) is 32.8 Å². The van der Waals surface area contributed by atoms with Gasteiger partial charge in [0.2, 0.25) is 0 Å². The second-order valence-corrected chi connectivity index (χ2v) is 5.20. The highest BCUT2D eigenvalue weighted by Crippen LogP contribution is 2.19. The Balaban J connectivity index is 2.57. The molecule has 0 radical (unpaired) electrons. The second kappa shape index (κ2) is 6.97. The van der Waals surface area contributed by atoms with Gasteiger partial charge in [0.1, 0.15) is 5.82 Å². The molecular formula is C14H21ClFN. The van der Waals surface area contributed by atoms with Gasteiger partial charge in [-0.3, -0.25) is 0 Å². The van der Waals surface area contributed by atoms with Gasteiger partial charge in [0.15, 0.2) is 0 Å². The summed E-state index contributed by atoms with van der Waals surface area (Å²) < 4.78 is 13.0.